The quantitative estimate of drug-likeness (QED) is 0.720. The zero-order valence-corrected chi connectivity index (χ0v) is 10.7. The molecule has 1 fully saturated rings. The van der Waals surface area contributed by atoms with Crippen LogP contribution in [0.5, 0.6) is 0 Å². The first kappa shape index (κ1) is 13.4. The van der Waals surface area contributed by atoms with E-state index < -0.39 is 10.2 Å². The fraction of sp³-hybridized carbons (Fsp3) is 0.900. The lowest BCUT2D eigenvalue weighted by molar-refractivity contribution is 0.353. The fourth-order valence-electron chi connectivity index (χ4n) is 1.81. The minimum atomic E-state index is -3.34. The third kappa shape index (κ3) is 2.94. The van der Waals surface area contributed by atoms with Gasteiger partial charge in [0.2, 0.25) is 0 Å². The van der Waals surface area contributed by atoms with E-state index in [1.807, 2.05) is 0 Å². The van der Waals surface area contributed by atoms with E-state index in [2.05, 4.69) is 6.07 Å². The van der Waals surface area contributed by atoms with Crippen molar-refractivity contribution in [2.24, 2.45) is 5.92 Å². The summed E-state index contributed by atoms with van der Waals surface area (Å²) in [5, 5.41) is 8.73. The molecule has 1 heterocycles. The van der Waals surface area contributed by atoms with Crippen molar-refractivity contribution in [2.45, 2.75) is 26.7 Å². The van der Waals surface area contributed by atoms with Crippen LogP contribution in [0.2, 0.25) is 0 Å². The van der Waals surface area contributed by atoms with Gasteiger partial charge in [-0.15, -0.1) is 0 Å². The van der Waals surface area contributed by atoms with Crippen LogP contribution in [0.4, 0.5) is 0 Å². The third-order valence-electron chi connectivity index (χ3n) is 2.77. The maximum atomic E-state index is 12.2. The Hall–Kier alpha value is -0.640. The zero-order chi connectivity index (χ0) is 12.2. The Morgan fingerprint density at radius 2 is 2.00 bits per heavy atom. The Morgan fingerprint density at radius 1 is 1.44 bits per heavy atom. The second kappa shape index (κ2) is 5.62. The molecule has 0 bridgehead atoms. The van der Waals surface area contributed by atoms with E-state index in [1.165, 1.54) is 8.61 Å². The SMILES string of the molecule is CCN(CC(C)C#N)S(=O)(=O)N1CCCC1. The molecule has 1 aliphatic heterocycles. The number of hydrogen-bond donors (Lipinski definition) is 0. The lowest BCUT2D eigenvalue weighted by atomic mass is 10.2. The Bertz CT molecular complexity index is 355. The molecule has 1 aliphatic rings. The summed E-state index contributed by atoms with van der Waals surface area (Å²) in [5.41, 5.74) is 0. The lowest BCUT2D eigenvalue weighted by Crippen LogP contribution is -2.44. The second-order valence-electron chi connectivity index (χ2n) is 4.09. The van der Waals surface area contributed by atoms with E-state index in [0.717, 1.165) is 12.8 Å². The smallest absolute Gasteiger partial charge is 0.198 e. The Morgan fingerprint density at radius 3 is 2.44 bits per heavy atom. The van der Waals surface area contributed by atoms with Crippen LogP contribution in [-0.2, 0) is 10.2 Å². The highest BCUT2D eigenvalue weighted by Crippen LogP contribution is 2.17. The number of rotatable bonds is 5. The van der Waals surface area contributed by atoms with Crippen molar-refractivity contribution in [3.05, 3.63) is 0 Å². The first-order valence-corrected chi connectivity index (χ1v) is 7.07. The summed E-state index contributed by atoms with van der Waals surface area (Å²) in [6.07, 6.45) is 1.87. The molecule has 0 aromatic rings. The number of nitrogens with zero attached hydrogens (tertiary/aromatic N) is 3. The first-order chi connectivity index (χ1) is 7.52. The summed E-state index contributed by atoms with van der Waals surface area (Å²) in [7, 11) is -3.34. The van der Waals surface area contributed by atoms with Crippen LogP contribution in [0.3, 0.4) is 0 Å². The monoisotopic (exact) mass is 245 g/mol. The van der Waals surface area contributed by atoms with E-state index in [-0.39, 0.29) is 12.5 Å². The van der Waals surface area contributed by atoms with Crippen LogP contribution in [0.15, 0.2) is 0 Å². The molecule has 0 N–H and O–H groups in total. The van der Waals surface area contributed by atoms with Gasteiger partial charge in [0.05, 0.1) is 12.0 Å². The molecule has 6 heteroatoms. The molecule has 1 saturated heterocycles. The molecule has 0 spiro atoms. The highest BCUT2D eigenvalue weighted by Gasteiger charge is 2.31. The van der Waals surface area contributed by atoms with Gasteiger partial charge in [-0.05, 0) is 19.8 Å². The second-order valence-corrected chi connectivity index (χ2v) is 6.02. The van der Waals surface area contributed by atoms with Crippen molar-refractivity contribution in [3.63, 3.8) is 0 Å². The first-order valence-electron chi connectivity index (χ1n) is 5.67. The molecule has 0 aromatic heterocycles. The maximum Gasteiger partial charge on any atom is 0.282 e. The highest BCUT2D eigenvalue weighted by atomic mass is 32.2. The molecule has 5 nitrogen and oxygen atoms in total. The number of nitriles is 1. The van der Waals surface area contributed by atoms with Crippen LogP contribution in [0, 0.1) is 17.2 Å². The third-order valence-corrected chi connectivity index (χ3v) is 4.85. The van der Waals surface area contributed by atoms with Crippen molar-refractivity contribution < 1.29 is 8.42 Å². The van der Waals surface area contributed by atoms with E-state index >= 15 is 0 Å². The van der Waals surface area contributed by atoms with Crippen molar-refractivity contribution in [3.8, 4) is 6.07 Å². The fourth-order valence-corrected chi connectivity index (χ4v) is 3.60. The molecule has 0 saturated carbocycles. The van der Waals surface area contributed by atoms with Crippen LogP contribution in [-0.4, -0.2) is 43.2 Å². The Kier molecular flexibility index (Phi) is 4.71. The van der Waals surface area contributed by atoms with Gasteiger partial charge in [-0.2, -0.15) is 22.3 Å². The van der Waals surface area contributed by atoms with Gasteiger partial charge in [0.15, 0.2) is 0 Å². The van der Waals surface area contributed by atoms with Crippen LogP contribution in [0.1, 0.15) is 26.7 Å². The average molecular weight is 245 g/mol. The molecule has 0 aromatic carbocycles. The Balaban J connectivity index is 2.74. The van der Waals surface area contributed by atoms with E-state index in [9.17, 15) is 8.42 Å². The molecule has 0 aliphatic carbocycles. The topological polar surface area (TPSA) is 64.4 Å². The predicted molar refractivity (Wildman–Crippen MR) is 61.8 cm³/mol. The van der Waals surface area contributed by atoms with Crippen molar-refractivity contribution in [2.75, 3.05) is 26.2 Å². The predicted octanol–water partition coefficient (Wildman–Crippen LogP) is 0.809. The summed E-state index contributed by atoms with van der Waals surface area (Å²) >= 11 is 0. The van der Waals surface area contributed by atoms with Crippen LogP contribution < -0.4 is 0 Å². The van der Waals surface area contributed by atoms with Gasteiger partial charge < -0.3 is 0 Å². The minimum absolute atomic E-state index is 0.266. The molecule has 1 rings (SSSR count). The van der Waals surface area contributed by atoms with Gasteiger partial charge in [-0.3, -0.25) is 0 Å². The van der Waals surface area contributed by atoms with Gasteiger partial charge >= 0.3 is 0 Å². The normalized spacial score (nSPS) is 19.9. The summed E-state index contributed by atoms with van der Waals surface area (Å²) in [4.78, 5) is 0. The Labute approximate surface area is 97.8 Å². The van der Waals surface area contributed by atoms with E-state index in [0.29, 0.717) is 19.6 Å². The van der Waals surface area contributed by atoms with Gasteiger partial charge in [-0.25, -0.2) is 0 Å². The molecule has 0 radical (unpaired) electrons. The summed E-state index contributed by atoms with van der Waals surface area (Å²) < 4.78 is 27.2. The van der Waals surface area contributed by atoms with Gasteiger partial charge in [0, 0.05) is 26.2 Å². The molecule has 1 unspecified atom stereocenters. The summed E-state index contributed by atoms with van der Waals surface area (Å²) in [6, 6.07) is 2.07. The number of hydrogen-bond acceptors (Lipinski definition) is 3. The van der Waals surface area contributed by atoms with Crippen molar-refractivity contribution in [1.29, 1.82) is 5.26 Å². The van der Waals surface area contributed by atoms with Crippen LogP contribution in [0.25, 0.3) is 0 Å². The van der Waals surface area contributed by atoms with E-state index in [1.54, 1.807) is 13.8 Å². The van der Waals surface area contributed by atoms with Crippen molar-refractivity contribution >= 4 is 10.2 Å². The standard InChI is InChI=1S/C10H19N3O2S/c1-3-12(9-10(2)8-11)16(14,15)13-6-4-5-7-13/h10H,3-7,9H2,1-2H3. The molecule has 1 atom stereocenters. The van der Waals surface area contributed by atoms with Gasteiger partial charge in [-0.1, -0.05) is 6.92 Å². The molecular formula is C10H19N3O2S. The molecule has 16 heavy (non-hydrogen) atoms. The van der Waals surface area contributed by atoms with Gasteiger partial charge in [0.25, 0.3) is 10.2 Å². The molecular weight excluding hydrogens is 226 g/mol. The maximum absolute atomic E-state index is 12.2. The van der Waals surface area contributed by atoms with E-state index in [4.69, 9.17) is 5.26 Å². The average Bonchev–Trinajstić information content (AvgIpc) is 2.78. The summed E-state index contributed by atoms with van der Waals surface area (Å²) in [5.74, 6) is -0.266. The van der Waals surface area contributed by atoms with Crippen molar-refractivity contribution in [1.82, 2.24) is 8.61 Å². The zero-order valence-electron chi connectivity index (χ0n) is 9.89. The summed E-state index contributed by atoms with van der Waals surface area (Å²) in [6.45, 7) is 5.47. The molecule has 0 amide bonds. The van der Waals surface area contributed by atoms with Crippen LogP contribution >= 0.6 is 0 Å². The van der Waals surface area contributed by atoms with Gasteiger partial charge in [0.1, 0.15) is 0 Å². The molecule has 92 valence electrons. The lowest BCUT2D eigenvalue weighted by Gasteiger charge is -2.26. The minimum Gasteiger partial charge on any atom is -0.198 e. The largest absolute Gasteiger partial charge is 0.282 e. The highest BCUT2D eigenvalue weighted by molar-refractivity contribution is 7.86.